The molecule has 6 nitrogen and oxygen atoms in total. The normalized spacial score (nSPS) is 13.8. The first kappa shape index (κ1) is 21.1. The van der Waals surface area contributed by atoms with Gasteiger partial charge in [-0.15, -0.1) is 0 Å². The molecule has 10 heteroatoms. The van der Waals surface area contributed by atoms with Gasteiger partial charge in [0.25, 0.3) is 0 Å². The standard InChI is InChI=1S/C15H17F3O6S/c1-22-13-7-5-12(6-8-13)11-23-14(10-19)4-2-3-9-24-25(20,21)15(16,17)18/h2-3,5-8,10,14H,4,9,11H2,1H3/b3-2+/t14-/m0/s1. The lowest BCUT2D eigenvalue weighted by atomic mass is 10.2. The van der Waals surface area contributed by atoms with Gasteiger partial charge in [-0.1, -0.05) is 24.3 Å². The highest BCUT2D eigenvalue weighted by atomic mass is 32.2. The van der Waals surface area contributed by atoms with E-state index in [1.54, 1.807) is 24.3 Å². The molecule has 0 bridgehead atoms. The number of carbonyl (C=O) groups is 1. The number of alkyl halides is 3. The highest BCUT2D eigenvalue weighted by Crippen LogP contribution is 2.24. The monoisotopic (exact) mass is 382 g/mol. The third kappa shape index (κ3) is 7.24. The molecule has 1 atom stereocenters. The van der Waals surface area contributed by atoms with E-state index in [9.17, 15) is 26.4 Å². The van der Waals surface area contributed by atoms with Crippen LogP contribution in [0.3, 0.4) is 0 Å². The van der Waals surface area contributed by atoms with E-state index in [1.165, 1.54) is 13.2 Å². The summed E-state index contributed by atoms with van der Waals surface area (Å²) in [5.41, 5.74) is -4.66. The quantitative estimate of drug-likeness (QED) is 0.268. The Bertz CT molecular complexity index is 668. The van der Waals surface area contributed by atoms with Crippen LogP contribution in [0.15, 0.2) is 36.4 Å². The van der Waals surface area contributed by atoms with Gasteiger partial charge in [-0.2, -0.15) is 21.6 Å². The third-order valence-corrected chi connectivity index (χ3v) is 3.93. The summed E-state index contributed by atoms with van der Waals surface area (Å²) in [6.45, 7) is -0.633. The molecule has 0 saturated carbocycles. The summed E-state index contributed by atoms with van der Waals surface area (Å²) in [7, 11) is -4.09. The van der Waals surface area contributed by atoms with E-state index in [0.717, 1.165) is 11.6 Å². The van der Waals surface area contributed by atoms with Gasteiger partial charge in [-0.3, -0.25) is 4.18 Å². The lowest BCUT2D eigenvalue weighted by Gasteiger charge is -2.10. The number of hydrogen-bond acceptors (Lipinski definition) is 6. The van der Waals surface area contributed by atoms with Crippen molar-refractivity contribution in [3.8, 4) is 5.75 Å². The number of hydrogen-bond donors (Lipinski definition) is 0. The molecule has 0 radical (unpaired) electrons. The van der Waals surface area contributed by atoms with Crippen LogP contribution >= 0.6 is 0 Å². The van der Waals surface area contributed by atoms with Crippen LogP contribution < -0.4 is 4.74 Å². The molecule has 0 heterocycles. The van der Waals surface area contributed by atoms with Gasteiger partial charge in [0, 0.05) is 0 Å². The maximum Gasteiger partial charge on any atom is 0.523 e. The van der Waals surface area contributed by atoms with Crippen molar-refractivity contribution in [1.29, 1.82) is 0 Å². The molecular formula is C15H17F3O6S. The molecule has 0 unspecified atom stereocenters. The molecule has 0 spiro atoms. The topological polar surface area (TPSA) is 78.9 Å². The van der Waals surface area contributed by atoms with E-state index in [0.29, 0.717) is 12.0 Å². The molecule has 0 saturated heterocycles. The van der Waals surface area contributed by atoms with Gasteiger partial charge in [0.05, 0.1) is 20.3 Å². The van der Waals surface area contributed by atoms with Gasteiger partial charge in [0.2, 0.25) is 0 Å². The van der Waals surface area contributed by atoms with Crippen molar-refractivity contribution in [2.75, 3.05) is 13.7 Å². The smallest absolute Gasteiger partial charge is 0.497 e. The fourth-order valence-electron chi connectivity index (χ4n) is 1.58. The zero-order valence-electron chi connectivity index (χ0n) is 13.2. The molecule has 0 aliphatic carbocycles. The Morgan fingerprint density at radius 1 is 1.16 bits per heavy atom. The van der Waals surface area contributed by atoms with Crippen LogP contribution in [0.2, 0.25) is 0 Å². The number of rotatable bonds is 10. The summed E-state index contributed by atoms with van der Waals surface area (Å²) >= 11 is 0. The Hall–Kier alpha value is -1.91. The van der Waals surface area contributed by atoms with Crippen molar-refractivity contribution >= 4 is 16.4 Å². The maximum absolute atomic E-state index is 12.0. The van der Waals surface area contributed by atoms with Gasteiger partial charge in [-0.05, 0) is 24.1 Å². The lowest BCUT2D eigenvalue weighted by molar-refractivity contribution is -0.118. The first-order valence-electron chi connectivity index (χ1n) is 7.00. The summed E-state index contributed by atoms with van der Waals surface area (Å²) in [4.78, 5) is 10.9. The van der Waals surface area contributed by atoms with Gasteiger partial charge in [0.15, 0.2) is 0 Å². The molecule has 1 aromatic rings. The first-order chi connectivity index (χ1) is 11.7. The molecular weight excluding hydrogens is 365 g/mol. The molecule has 1 aromatic carbocycles. The second-order valence-electron chi connectivity index (χ2n) is 4.73. The number of methoxy groups -OCH3 is 1. The Balaban J connectivity index is 2.39. The van der Waals surface area contributed by atoms with Crippen molar-refractivity contribution in [2.45, 2.75) is 24.6 Å². The number of aldehydes is 1. The number of benzene rings is 1. The minimum atomic E-state index is -5.62. The Kier molecular flexibility index (Phi) is 8.07. The van der Waals surface area contributed by atoms with Crippen LogP contribution in [0.1, 0.15) is 12.0 Å². The molecule has 25 heavy (non-hydrogen) atoms. The van der Waals surface area contributed by atoms with Crippen LogP contribution in [0.25, 0.3) is 0 Å². The summed E-state index contributed by atoms with van der Waals surface area (Å²) in [5.74, 6) is 0.674. The first-order valence-corrected chi connectivity index (χ1v) is 8.41. The summed E-state index contributed by atoms with van der Waals surface area (Å²) in [6, 6.07) is 6.97. The Morgan fingerprint density at radius 3 is 2.32 bits per heavy atom. The molecule has 140 valence electrons. The maximum atomic E-state index is 12.0. The lowest BCUT2D eigenvalue weighted by Crippen LogP contribution is -2.25. The summed E-state index contributed by atoms with van der Waals surface area (Å²) in [6.07, 6.45) is 2.16. The fraction of sp³-hybridized carbons (Fsp3) is 0.400. The van der Waals surface area contributed by atoms with Crippen molar-refractivity contribution in [3.63, 3.8) is 0 Å². The average molecular weight is 382 g/mol. The van der Waals surface area contributed by atoms with E-state index in [1.807, 2.05) is 0 Å². The second kappa shape index (κ2) is 9.54. The third-order valence-electron chi connectivity index (χ3n) is 2.91. The highest BCUT2D eigenvalue weighted by molar-refractivity contribution is 7.87. The van der Waals surface area contributed by atoms with E-state index in [4.69, 9.17) is 9.47 Å². The zero-order chi connectivity index (χ0) is 18.9. The van der Waals surface area contributed by atoms with Crippen LogP contribution in [-0.2, 0) is 30.4 Å². The van der Waals surface area contributed by atoms with E-state index in [-0.39, 0.29) is 13.0 Å². The predicted octanol–water partition coefficient (Wildman–Crippen LogP) is 2.59. The number of ether oxygens (including phenoxy) is 2. The van der Waals surface area contributed by atoms with Crippen LogP contribution in [0, 0.1) is 0 Å². The van der Waals surface area contributed by atoms with Crippen LogP contribution in [0.5, 0.6) is 5.75 Å². The molecule has 1 rings (SSSR count). The summed E-state index contributed by atoms with van der Waals surface area (Å²) < 4.78 is 71.5. The van der Waals surface area contributed by atoms with Crippen LogP contribution in [0.4, 0.5) is 13.2 Å². The molecule has 0 fully saturated rings. The van der Waals surface area contributed by atoms with E-state index < -0.39 is 28.3 Å². The Morgan fingerprint density at radius 2 is 1.80 bits per heavy atom. The van der Waals surface area contributed by atoms with E-state index in [2.05, 4.69) is 4.18 Å². The van der Waals surface area contributed by atoms with Gasteiger partial charge < -0.3 is 14.3 Å². The molecule has 0 N–H and O–H groups in total. The van der Waals surface area contributed by atoms with Crippen molar-refractivity contribution in [3.05, 3.63) is 42.0 Å². The molecule has 0 aliphatic heterocycles. The summed E-state index contributed by atoms with van der Waals surface area (Å²) in [5, 5.41) is 0. The largest absolute Gasteiger partial charge is 0.523 e. The highest BCUT2D eigenvalue weighted by Gasteiger charge is 2.47. The SMILES string of the molecule is COc1ccc(CO[C@H](C=O)C/C=C/COS(=O)(=O)C(F)(F)F)cc1. The molecule has 0 amide bonds. The minimum Gasteiger partial charge on any atom is -0.497 e. The fourth-order valence-corrected chi connectivity index (χ4v) is 1.97. The number of halogens is 3. The van der Waals surface area contributed by atoms with Gasteiger partial charge in [0.1, 0.15) is 18.1 Å². The van der Waals surface area contributed by atoms with Crippen LogP contribution in [-0.4, -0.2) is 40.0 Å². The number of carbonyl (C=O) groups excluding carboxylic acids is 1. The van der Waals surface area contributed by atoms with Gasteiger partial charge in [-0.25, -0.2) is 0 Å². The average Bonchev–Trinajstić information content (AvgIpc) is 2.56. The molecule has 0 aromatic heterocycles. The van der Waals surface area contributed by atoms with Crippen molar-refractivity contribution in [1.82, 2.24) is 0 Å². The zero-order valence-corrected chi connectivity index (χ0v) is 14.0. The van der Waals surface area contributed by atoms with Crippen molar-refractivity contribution < 1.29 is 40.0 Å². The second-order valence-corrected chi connectivity index (χ2v) is 6.33. The van der Waals surface area contributed by atoms with E-state index >= 15 is 0 Å². The minimum absolute atomic E-state index is 0.0646. The Labute approximate surface area is 143 Å². The predicted molar refractivity (Wildman–Crippen MR) is 82.3 cm³/mol. The molecule has 0 aliphatic rings. The van der Waals surface area contributed by atoms with Gasteiger partial charge >= 0.3 is 15.6 Å². The van der Waals surface area contributed by atoms with Crippen molar-refractivity contribution in [2.24, 2.45) is 0 Å².